The standard InChI is InChI=1S/C21H21NO2S/c1-14-15(2)20(25-19-12-10-18(24-4)11-13-19)21(23)22(16(14)3)17-8-6-5-7-9-17/h5-13H,1-4H3. The average molecular weight is 351 g/mol. The lowest BCUT2D eigenvalue weighted by atomic mass is 10.1. The summed E-state index contributed by atoms with van der Waals surface area (Å²) in [6.45, 7) is 6.09. The van der Waals surface area contributed by atoms with Gasteiger partial charge in [0.2, 0.25) is 0 Å². The van der Waals surface area contributed by atoms with Gasteiger partial charge in [-0.1, -0.05) is 30.0 Å². The Kier molecular flexibility index (Phi) is 5.00. The van der Waals surface area contributed by atoms with E-state index in [1.54, 1.807) is 11.7 Å². The molecular weight excluding hydrogens is 330 g/mol. The molecule has 0 spiro atoms. The number of ether oxygens (including phenoxy) is 1. The summed E-state index contributed by atoms with van der Waals surface area (Å²) in [5.41, 5.74) is 4.07. The van der Waals surface area contributed by atoms with E-state index in [-0.39, 0.29) is 5.56 Å². The van der Waals surface area contributed by atoms with Crippen molar-refractivity contribution in [3.05, 3.63) is 81.8 Å². The van der Waals surface area contributed by atoms with Crippen molar-refractivity contribution in [3.8, 4) is 11.4 Å². The highest BCUT2D eigenvalue weighted by Crippen LogP contribution is 2.31. The molecule has 0 saturated carbocycles. The number of methoxy groups -OCH3 is 1. The number of para-hydroxylation sites is 1. The minimum Gasteiger partial charge on any atom is -0.497 e. The van der Waals surface area contributed by atoms with Crippen LogP contribution in [0, 0.1) is 20.8 Å². The first-order valence-corrected chi connectivity index (χ1v) is 8.94. The number of nitrogens with zero attached hydrogens (tertiary/aromatic N) is 1. The van der Waals surface area contributed by atoms with Crippen molar-refractivity contribution in [2.24, 2.45) is 0 Å². The highest BCUT2D eigenvalue weighted by molar-refractivity contribution is 7.99. The molecule has 0 aliphatic heterocycles. The van der Waals surface area contributed by atoms with Gasteiger partial charge in [0.05, 0.1) is 12.0 Å². The fraction of sp³-hybridized carbons (Fsp3) is 0.190. The SMILES string of the molecule is COc1ccc(Sc2c(C)c(C)c(C)n(-c3ccccc3)c2=O)cc1. The third-order valence-electron chi connectivity index (χ3n) is 4.47. The largest absolute Gasteiger partial charge is 0.497 e. The number of pyridine rings is 1. The van der Waals surface area contributed by atoms with Crippen LogP contribution in [0.1, 0.15) is 16.8 Å². The molecule has 3 rings (SSSR count). The topological polar surface area (TPSA) is 31.2 Å². The van der Waals surface area contributed by atoms with E-state index in [1.807, 2.05) is 68.4 Å². The van der Waals surface area contributed by atoms with Gasteiger partial charge >= 0.3 is 0 Å². The minimum absolute atomic E-state index is 0.0209. The minimum atomic E-state index is 0.0209. The first-order valence-electron chi connectivity index (χ1n) is 8.13. The Morgan fingerprint density at radius 3 is 2.12 bits per heavy atom. The Bertz CT molecular complexity index is 944. The molecule has 0 bridgehead atoms. The van der Waals surface area contributed by atoms with E-state index in [0.717, 1.165) is 38.0 Å². The van der Waals surface area contributed by atoms with Gasteiger partial charge < -0.3 is 4.74 Å². The molecule has 0 saturated heterocycles. The molecule has 0 amide bonds. The summed E-state index contributed by atoms with van der Waals surface area (Å²) in [4.78, 5) is 15.0. The second-order valence-electron chi connectivity index (χ2n) is 5.92. The zero-order valence-electron chi connectivity index (χ0n) is 14.9. The van der Waals surface area contributed by atoms with Gasteiger partial charge in [0.1, 0.15) is 5.75 Å². The normalized spacial score (nSPS) is 10.7. The van der Waals surface area contributed by atoms with Gasteiger partial charge in [-0.05, 0) is 68.3 Å². The summed E-state index contributed by atoms with van der Waals surface area (Å²) in [5, 5.41) is 0. The monoisotopic (exact) mass is 351 g/mol. The second kappa shape index (κ2) is 7.19. The molecule has 3 nitrogen and oxygen atoms in total. The fourth-order valence-electron chi connectivity index (χ4n) is 2.79. The highest BCUT2D eigenvalue weighted by atomic mass is 32.2. The Balaban J connectivity index is 2.13. The molecule has 4 heteroatoms. The van der Waals surface area contributed by atoms with Crippen molar-refractivity contribution >= 4 is 11.8 Å². The average Bonchev–Trinajstić information content (AvgIpc) is 2.65. The Hall–Kier alpha value is -2.46. The third-order valence-corrected chi connectivity index (χ3v) is 5.67. The molecule has 0 aliphatic carbocycles. The van der Waals surface area contributed by atoms with Gasteiger partial charge in [-0.25, -0.2) is 0 Å². The molecule has 2 aromatic carbocycles. The molecule has 0 N–H and O–H groups in total. The summed E-state index contributed by atoms with van der Waals surface area (Å²) in [6.07, 6.45) is 0. The van der Waals surface area contributed by atoms with Gasteiger partial charge in [0.15, 0.2) is 0 Å². The summed E-state index contributed by atoms with van der Waals surface area (Å²) < 4.78 is 7.00. The molecule has 0 aliphatic rings. The van der Waals surface area contributed by atoms with E-state index in [2.05, 4.69) is 6.92 Å². The van der Waals surface area contributed by atoms with Crippen molar-refractivity contribution in [1.82, 2.24) is 4.57 Å². The van der Waals surface area contributed by atoms with Crippen molar-refractivity contribution in [2.45, 2.75) is 30.6 Å². The maximum atomic E-state index is 13.2. The predicted molar refractivity (Wildman–Crippen MR) is 103 cm³/mol. The van der Waals surface area contributed by atoms with E-state index < -0.39 is 0 Å². The van der Waals surface area contributed by atoms with Crippen LogP contribution in [0.2, 0.25) is 0 Å². The number of benzene rings is 2. The van der Waals surface area contributed by atoms with Crippen LogP contribution in [0.25, 0.3) is 5.69 Å². The number of hydrogen-bond acceptors (Lipinski definition) is 3. The summed E-state index contributed by atoms with van der Waals surface area (Å²) in [5.74, 6) is 0.808. The molecule has 128 valence electrons. The molecule has 1 heterocycles. The first-order chi connectivity index (χ1) is 12.0. The molecule has 0 atom stereocenters. The van der Waals surface area contributed by atoms with Crippen molar-refractivity contribution in [1.29, 1.82) is 0 Å². The van der Waals surface area contributed by atoms with Crippen molar-refractivity contribution in [3.63, 3.8) is 0 Å². The summed E-state index contributed by atoms with van der Waals surface area (Å²) in [6, 6.07) is 17.6. The summed E-state index contributed by atoms with van der Waals surface area (Å²) >= 11 is 1.50. The fourth-order valence-corrected chi connectivity index (χ4v) is 3.79. The molecular formula is C21H21NO2S. The van der Waals surface area contributed by atoms with E-state index in [9.17, 15) is 4.79 Å². The van der Waals surface area contributed by atoms with Crippen LogP contribution in [-0.2, 0) is 0 Å². The van der Waals surface area contributed by atoms with Crippen molar-refractivity contribution in [2.75, 3.05) is 7.11 Å². The lowest BCUT2D eigenvalue weighted by molar-refractivity contribution is 0.414. The number of aromatic nitrogens is 1. The van der Waals surface area contributed by atoms with Crippen molar-refractivity contribution < 1.29 is 4.74 Å². The lowest BCUT2D eigenvalue weighted by Crippen LogP contribution is -2.24. The van der Waals surface area contributed by atoms with Gasteiger partial charge in [0.25, 0.3) is 5.56 Å². The quantitative estimate of drug-likeness (QED) is 0.668. The molecule has 1 aromatic heterocycles. The van der Waals surface area contributed by atoms with E-state index in [0.29, 0.717) is 0 Å². The van der Waals surface area contributed by atoms with Crippen LogP contribution in [0.15, 0.2) is 69.2 Å². The zero-order chi connectivity index (χ0) is 18.0. The predicted octanol–water partition coefficient (Wildman–Crippen LogP) is 4.92. The molecule has 0 radical (unpaired) electrons. The molecule has 0 fully saturated rings. The van der Waals surface area contributed by atoms with Crippen LogP contribution in [0.3, 0.4) is 0 Å². The third kappa shape index (κ3) is 3.35. The molecule has 3 aromatic rings. The number of hydrogen-bond donors (Lipinski definition) is 0. The smallest absolute Gasteiger partial charge is 0.269 e. The maximum Gasteiger partial charge on any atom is 0.269 e. The van der Waals surface area contributed by atoms with Crippen LogP contribution >= 0.6 is 11.8 Å². The summed E-state index contributed by atoms with van der Waals surface area (Å²) in [7, 11) is 1.65. The van der Waals surface area contributed by atoms with Crippen LogP contribution in [-0.4, -0.2) is 11.7 Å². The van der Waals surface area contributed by atoms with E-state index >= 15 is 0 Å². The number of rotatable bonds is 4. The lowest BCUT2D eigenvalue weighted by Gasteiger charge is -2.18. The van der Waals surface area contributed by atoms with Crippen LogP contribution in [0.4, 0.5) is 0 Å². The van der Waals surface area contributed by atoms with E-state index in [1.165, 1.54) is 11.8 Å². The first kappa shape index (κ1) is 17.4. The Morgan fingerprint density at radius 1 is 0.880 bits per heavy atom. The van der Waals surface area contributed by atoms with Crippen LogP contribution < -0.4 is 10.3 Å². The van der Waals surface area contributed by atoms with Gasteiger partial charge in [-0.2, -0.15) is 0 Å². The second-order valence-corrected chi connectivity index (χ2v) is 7.00. The van der Waals surface area contributed by atoms with Gasteiger partial charge in [-0.3, -0.25) is 9.36 Å². The Labute approximate surface area is 152 Å². The van der Waals surface area contributed by atoms with Crippen LogP contribution in [0.5, 0.6) is 5.75 Å². The maximum absolute atomic E-state index is 13.2. The Morgan fingerprint density at radius 2 is 1.52 bits per heavy atom. The molecule has 25 heavy (non-hydrogen) atoms. The van der Waals surface area contributed by atoms with Gasteiger partial charge in [0, 0.05) is 16.3 Å². The molecule has 0 unspecified atom stereocenters. The van der Waals surface area contributed by atoms with E-state index in [4.69, 9.17) is 4.74 Å². The zero-order valence-corrected chi connectivity index (χ0v) is 15.7. The van der Waals surface area contributed by atoms with Gasteiger partial charge in [-0.15, -0.1) is 0 Å². The highest BCUT2D eigenvalue weighted by Gasteiger charge is 2.16.